The van der Waals surface area contributed by atoms with E-state index in [-0.39, 0.29) is 33.0 Å². The quantitative estimate of drug-likeness (QED) is 0.161. The molecule has 9 nitrogen and oxygen atoms in total. The average molecular weight is 618 g/mol. The van der Waals surface area contributed by atoms with Crippen LogP contribution in [0, 0.1) is 17.0 Å². The fourth-order valence-corrected chi connectivity index (χ4v) is 5.65. The van der Waals surface area contributed by atoms with Crippen LogP contribution in [0.4, 0.5) is 18.9 Å². The third kappa shape index (κ3) is 5.40. The lowest BCUT2D eigenvalue weighted by molar-refractivity contribution is -0.384. The molecule has 4 aromatic rings. The van der Waals surface area contributed by atoms with E-state index in [1.807, 2.05) is 0 Å². The van der Waals surface area contributed by atoms with Crippen LogP contribution in [0.15, 0.2) is 80.1 Å². The van der Waals surface area contributed by atoms with Gasteiger partial charge in [0.1, 0.15) is 11.5 Å². The van der Waals surface area contributed by atoms with E-state index >= 15 is 0 Å². The van der Waals surface area contributed by atoms with Crippen LogP contribution in [0.3, 0.4) is 0 Å². The molecule has 0 bridgehead atoms. The lowest BCUT2D eigenvalue weighted by atomic mass is 9.95. The Morgan fingerprint density at radius 3 is 2.55 bits per heavy atom. The minimum absolute atomic E-state index is 0.000619. The van der Waals surface area contributed by atoms with E-state index in [9.17, 15) is 32.9 Å². The maximum Gasteiger partial charge on any atom is 0.434 e. The van der Waals surface area contributed by atoms with E-state index in [2.05, 4.69) is 4.99 Å². The molecular weight excluding hydrogens is 599 g/mol. The number of fused-ring (bicyclic) bond motifs is 1. The van der Waals surface area contributed by atoms with Gasteiger partial charge in [-0.25, -0.2) is 9.79 Å². The van der Waals surface area contributed by atoms with Crippen LogP contribution in [0.25, 0.3) is 17.4 Å². The first-order chi connectivity index (χ1) is 19.9. The summed E-state index contributed by atoms with van der Waals surface area (Å²) in [4.78, 5) is 40.6. The third-order valence-corrected chi connectivity index (χ3v) is 7.60. The highest BCUT2D eigenvalue weighted by molar-refractivity contribution is 7.07. The number of nitrogens with zero attached hydrogens (tertiary/aromatic N) is 3. The molecule has 0 amide bonds. The van der Waals surface area contributed by atoms with Gasteiger partial charge in [0.25, 0.3) is 11.2 Å². The fourth-order valence-electron chi connectivity index (χ4n) is 4.54. The van der Waals surface area contributed by atoms with Gasteiger partial charge >= 0.3 is 12.1 Å². The number of allylic oxidation sites excluding steroid dienone is 1. The first-order valence-corrected chi connectivity index (χ1v) is 13.5. The van der Waals surface area contributed by atoms with Crippen molar-refractivity contribution in [3.8, 4) is 11.3 Å². The number of nitro benzene ring substituents is 1. The Bertz CT molecular complexity index is 1940. The summed E-state index contributed by atoms with van der Waals surface area (Å²) < 4.78 is 54.5. The van der Waals surface area contributed by atoms with E-state index in [1.54, 1.807) is 19.1 Å². The van der Waals surface area contributed by atoms with Gasteiger partial charge in [-0.3, -0.25) is 19.5 Å². The molecule has 0 aliphatic carbocycles. The van der Waals surface area contributed by atoms with Crippen molar-refractivity contribution in [2.75, 3.05) is 6.61 Å². The molecule has 1 atom stereocenters. The molecule has 0 saturated heterocycles. The van der Waals surface area contributed by atoms with Crippen LogP contribution in [0.1, 0.15) is 29.9 Å². The lowest BCUT2D eigenvalue weighted by Crippen LogP contribution is -2.41. The number of esters is 1. The SMILES string of the molecule is CCOC(=O)C1=C(C(F)(F)F)N=c2s/c(=C\c3ccc(-c4ccc([N+](=O)[O-])cc4C)o3)c(=O)n2[C@@H]1c1ccc(Cl)cc1. The number of furan rings is 1. The number of nitro groups is 1. The van der Waals surface area contributed by atoms with Gasteiger partial charge in [0, 0.05) is 28.8 Å². The predicted molar refractivity (Wildman–Crippen MR) is 148 cm³/mol. The van der Waals surface area contributed by atoms with Crippen molar-refractivity contribution in [1.82, 2.24) is 4.57 Å². The summed E-state index contributed by atoms with van der Waals surface area (Å²) in [6.07, 6.45) is -3.67. The Kier molecular flexibility index (Phi) is 7.64. The van der Waals surface area contributed by atoms with Gasteiger partial charge < -0.3 is 9.15 Å². The molecule has 1 aliphatic heterocycles. The second-order valence-electron chi connectivity index (χ2n) is 9.07. The Hall–Kier alpha value is -4.49. The molecule has 0 N–H and O–H groups in total. The van der Waals surface area contributed by atoms with Gasteiger partial charge in [0.2, 0.25) is 0 Å². The van der Waals surface area contributed by atoms with E-state index in [1.165, 1.54) is 55.5 Å². The third-order valence-electron chi connectivity index (χ3n) is 6.37. The average Bonchev–Trinajstić information content (AvgIpc) is 3.52. The molecule has 3 heterocycles. The summed E-state index contributed by atoms with van der Waals surface area (Å²) in [6, 6.07) is 11.6. The largest absolute Gasteiger partial charge is 0.463 e. The fraction of sp³-hybridized carbons (Fsp3) is 0.179. The number of carbonyl (C=O) groups is 1. The normalized spacial score (nSPS) is 15.4. The van der Waals surface area contributed by atoms with E-state index < -0.39 is 39.9 Å². The van der Waals surface area contributed by atoms with Crippen molar-refractivity contribution in [3.63, 3.8) is 0 Å². The zero-order chi connectivity index (χ0) is 30.3. The Morgan fingerprint density at radius 2 is 1.93 bits per heavy atom. The van der Waals surface area contributed by atoms with Crippen LogP contribution >= 0.6 is 22.9 Å². The zero-order valence-corrected chi connectivity index (χ0v) is 23.3. The number of thiazole rings is 1. The van der Waals surface area contributed by atoms with Crippen molar-refractivity contribution in [2.24, 2.45) is 4.99 Å². The Labute approximate surface area is 243 Å². The second kappa shape index (κ2) is 11.1. The van der Waals surface area contributed by atoms with Crippen molar-refractivity contribution in [1.29, 1.82) is 0 Å². The number of hydrogen-bond acceptors (Lipinski definition) is 8. The lowest BCUT2D eigenvalue weighted by Gasteiger charge is -2.26. The minimum atomic E-state index is -5.03. The highest BCUT2D eigenvalue weighted by Gasteiger charge is 2.45. The minimum Gasteiger partial charge on any atom is -0.463 e. The van der Waals surface area contributed by atoms with Gasteiger partial charge in [-0.1, -0.05) is 35.1 Å². The summed E-state index contributed by atoms with van der Waals surface area (Å²) in [5.41, 5.74) is -1.70. The summed E-state index contributed by atoms with van der Waals surface area (Å²) in [6.45, 7) is 2.94. The molecule has 42 heavy (non-hydrogen) atoms. The number of hydrogen-bond donors (Lipinski definition) is 0. The first kappa shape index (κ1) is 29.0. The molecule has 2 aromatic carbocycles. The molecule has 216 valence electrons. The number of aromatic nitrogens is 1. The van der Waals surface area contributed by atoms with Crippen LogP contribution in [-0.4, -0.2) is 28.2 Å². The molecule has 0 unspecified atom stereocenters. The summed E-state index contributed by atoms with van der Waals surface area (Å²) in [7, 11) is 0. The highest BCUT2D eigenvalue weighted by atomic mass is 35.5. The molecule has 14 heteroatoms. The Balaban J connectivity index is 1.67. The molecule has 5 rings (SSSR count). The number of carbonyl (C=O) groups excluding carboxylic acids is 1. The molecule has 0 saturated carbocycles. The number of halogens is 4. The van der Waals surface area contributed by atoms with Crippen LogP contribution in [0.5, 0.6) is 0 Å². The summed E-state index contributed by atoms with van der Waals surface area (Å²) in [5, 5.41) is 11.4. The summed E-state index contributed by atoms with van der Waals surface area (Å²) in [5.74, 6) is -0.682. The number of non-ortho nitro benzene ring substituents is 1. The number of alkyl halides is 3. The smallest absolute Gasteiger partial charge is 0.434 e. The molecule has 0 fully saturated rings. The van der Waals surface area contributed by atoms with E-state index in [0.717, 1.165) is 4.57 Å². The van der Waals surface area contributed by atoms with Crippen molar-refractivity contribution >= 4 is 40.7 Å². The molecular formula is C28H19ClF3N3O6S. The van der Waals surface area contributed by atoms with Gasteiger partial charge in [0.05, 0.1) is 27.7 Å². The maximum absolute atomic E-state index is 14.2. The van der Waals surface area contributed by atoms with Crippen molar-refractivity contribution in [2.45, 2.75) is 26.1 Å². The number of ether oxygens (including phenoxy) is 1. The van der Waals surface area contributed by atoms with Crippen LogP contribution < -0.4 is 14.9 Å². The Morgan fingerprint density at radius 1 is 1.21 bits per heavy atom. The predicted octanol–water partition coefficient (Wildman–Crippen LogP) is 5.47. The van der Waals surface area contributed by atoms with E-state index in [0.29, 0.717) is 33.2 Å². The first-order valence-electron chi connectivity index (χ1n) is 12.3. The van der Waals surface area contributed by atoms with Crippen molar-refractivity contribution < 1.29 is 32.0 Å². The topological polar surface area (TPSA) is 117 Å². The van der Waals surface area contributed by atoms with E-state index in [4.69, 9.17) is 20.8 Å². The maximum atomic E-state index is 14.2. The van der Waals surface area contributed by atoms with Crippen LogP contribution in [0.2, 0.25) is 5.02 Å². The van der Waals surface area contributed by atoms with Gasteiger partial charge in [-0.05, 0) is 55.3 Å². The van der Waals surface area contributed by atoms with Gasteiger partial charge in [0.15, 0.2) is 10.5 Å². The standard InChI is InChI=1S/C28H19ClF3N3O6S/c1-3-40-26(37)22-23(15-4-6-16(29)7-5-15)34-25(36)21(42-27(34)33-24(22)28(30,31)32)13-18-9-11-20(41-18)19-10-8-17(35(38)39)12-14(19)2/h4-13,23H,3H2,1-2H3/b21-13-/t23-/m1/s1. The number of aryl methyl sites for hydroxylation is 1. The number of rotatable bonds is 6. The summed E-state index contributed by atoms with van der Waals surface area (Å²) >= 11 is 6.69. The van der Waals surface area contributed by atoms with Crippen LogP contribution in [-0.2, 0) is 9.53 Å². The monoisotopic (exact) mass is 617 g/mol. The zero-order valence-electron chi connectivity index (χ0n) is 21.8. The molecule has 1 aliphatic rings. The molecule has 0 radical (unpaired) electrons. The van der Waals surface area contributed by atoms with Crippen molar-refractivity contribution in [3.05, 3.63) is 118 Å². The second-order valence-corrected chi connectivity index (χ2v) is 10.5. The number of benzene rings is 2. The highest BCUT2D eigenvalue weighted by Crippen LogP contribution is 2.38. The molecule has 2 aromatic heterocycles. The molecule has 0 spiro atoms. The van der Waals surface area contributed by atoms with Gasteiger partial charge in [-0.2, -0.15) is 13.2 Å². The van der Waals surface area contributed by atoms with Gasteiger partial charge in [-0.15, -0.1) is 0 Å².